The van der Waals surface area contributed by atoms with Crippen LogP contribution in [0.25, 0.3) is 11.8 Å². The van der Waals surface area contributed by atoms with E-state index in [0.29, 0.717) is 25.2 Å². The lowest BCUT2D eigenvalue weighted by Gasteiger charge is -2.46. The van der Waals surface area contributed by atoms with E-state index < -0.39 is 0 Å². The van der Waals surface area contributed by atoms with Crippen molar-refractivity contribution in [1.29, 1.82) is 0 Å². The highest BCUT2D eigenvalue weighted by atomic mass is 35.5. The third-order valence-electron chi connectivity index (χ3n) is 7.51. The second-order valence-electron chi connectivity index (χ2n) is 9.32. The van der Waals surface area contributed by atoms with Gasteiger partial charge in [-0.2, -0.15) is 0 Å². The molecular formula is C27H30ClNO4. The van der Waals surface area contributed by atoms with Crippen molar-refractivity contribution in [3.05, 3.63) is 46.5 Å². The average molecular weight is 468 g/mol. The molecular weight excluding hydrogens is 438 g/mol. The number of halogens is 1. The standard InChI is InChI=1S/C27H30ClNO4/c1-30-22-8-7-19-13-21-20-15-24-23(32-16-33-24)14-18(20)9-11-29(21)26(17-5-2-3-6-17)25(19)27(22)31-12-4-10-28/h7-8,13-15,17,26H,2-6,9-12,16H2,1H3. The molecule has 1 saturated carbocycles. The zero-order chi connectivity index (χ0) is 22.4. The summed E-state index contributed by atoms with van der Waals surface area (Å²) < 4.78 is 23.5. The summed E-state index contributed by atoms with van der Waals surface area (Å²) in [4.78, 5) is 2.62. The van der Waals surface area contributed by atoms with Gasteiger partial charge >= 0.3 is 0 Å². The lowest BCUT2D eigenvalue weighted by molar-refractivity contribution is 0.174. The van der Waals surface area contributed by atoms with Crippen LogP contribution < -0.4 is 18.9 Å². The van der Waals surface area contributed by atoms with E-state index in [0.717, 1.165) is 42.4 Å². The number of fused-ring (bicyclic) bond motifs is 5. The molecule has 1 fully saturated rings. The molecule has 0 saturated heterocycles. The first-order valence-electron chi connectivity index (χ1n) is 12.1. The van der Waals surface area contributed by atoms with Gasteiger partial charge in [-0.1, -0.05) is 18.9 Å². The average Bonchev–Trinajstić information content (AvgIpc) is 3.53. The molecule has 4 aliphatic rings. The van der Waals surface area contributed by atoms with E-state index in [9.17, 15) is 0 Å². The third kappa shape index (κ3) is 3.52. The quantitative estimate of drug-likeness (QED) is 0.383. The number of rotatable bonds is 6. The Morgan fingerprint density at radius 3 is 2.73 bits per heavy atom. The zero-order valence-electron chi connectivity index (χ0n) is 19.1. The molecule has 2 aromatic carbocycles. The summed E-state index contributed by atoms with van der Waals surface area (Å²) in [6, 6.07) is 8.85. The molecule has 0 amide bonds. The van der Waals surface area contributed by atoms with Crippen LogP contribution in [0.5, 0.6) is 23.0 Å². The molecule has 6 heteroatoms. The van der Waals surface area contributed by atoms with Crippen LogP contribution in [0.1, 0.15) is 60.4 Å². The number of alkyl halides is 1. The maximum absolute atomic E-state index is 6.36. The zero-order valence-corrected chi connectivity index (χ0v) is 19.8. The fourth-order valence-corrected chi connectivity index (χ4v) is 6.13. The summed E-state index contributed by atoms with van der Waals surface area (Å²) in [5.41, 5.74) is 6.40. The lowest BCUT2D eigenvalue weighted by Crippen LogP contribution is -2.39. The van der Waals surface area contributed by atoms with Crippen molar-refractivity contribution in [2.45, 2.75) is 44.6 Å². The van der Waals surface area contributed by atoms with Crippen molar-refractivity contribution in [3.8, 4) is 23.0 Å². The molecule has 0 aromatic heterocycles. The number of benzene rings is 2. The Morgan fingerprint density at radius 1 is 1.12 bits per heavy atom. The molecule has 33 heavy (non-hydrogen) atoms. The smallest absolute Gasteiger partial charge is 0.231 e. The Balaban J connectivity index is 1.51. The fourth-order valence-electron chi connectivity index (χ4n) is 6.03. The largest absolute Gasteiger partial charge is 0.493 e. The van der Waals surface area contributed by atoms with Crippen molar-refractivity contribution in [1.82, 2.24) is 4.90 Å². The van der Waals surface area contributed by atoms with E-state index in [1.807, 2.05) is 6.07 Å². The van der Waals surface area contributed by atoms with Crippen molar-refractivity contribution in [2.24, 2.45) is 5.92 Å². The molecule has 0 spiro atoms. The van der Waals surface area contributed by atoms with Gasteiger partial charge in [-0.3, -0.25) is 0 Å². The van der Waals surface area contributed by atoms with Crippen LogP contribution in [-0.2, 0) is 6.42 Å². The van der Waals surface area contributed by atoms with E-state index in [4.69, 9.17) is 30.5 Å². The van der Waals surface area contributed by atoms with Gasteiger partial charge in [0.05, 0.1) is 19.8 Å². The van der Waals surface area contributed by atoms with Gasteiger partial charge in [0.2, 0.25) is 6.79 Å². The van der Waals surface area contributed by atoms with E-state index in [1.54, 1.807) is 7.11 Å². The number of ether oxygens (including phenoxy) is 4. The van der Waals surface area contributed by atoms with Crippen LogP contribution in [0.2, 0.25) is 0 Å². The molecule has 5 nitrogen and oxygen atoms in total. The summed E-state index contributed by atoms with van der Waals surface area (Å²) in [5, 5.41) is 0. The predicted octanol–water partition coefficient (Wildman–Crippen LogP) is 6.03. The van der Waals surface area contributed by atoms with Crippen molar-refractivity contribution in [3.63, 3.8) is 0 Å². The third-order valence-corrected chi connectivity index (χ3v) is 7.78. The molecule has 174 valence electrons. The van der Waals surface area contributed by atoms with E-state index in [1.165, 1.54) is 53.6 Å². The molecule has 0 radical (unpaired) electrons. The first kappa shape index (κ1) is 21.0. The van der Waals surface area contributed by atoms with E-state index in [-0.39, 0.29) is 6.04 Å². The number of hydrogen-bond donors (Lipinski definition) is 0. The molecule has 1 atom stereocenters. The van der Waals surface area contributed by atoms with Gasteiger partial charge in [0.25, 0.3) is 0 Å². The SMILES string of the molecule is COc1ccc2c(c1OCCCCl)C(C1CCCC1)N1CCc3cc4c(cc3C1=C2)OCO4. The molecule has 2 aromatic rings. The molecule has 3 heterocycles. The van der Waals surface area contributed by atoms with Crippen LogP contribution in [0.4, 0.5) is 0 Å². The maximum Gasteiger partial charge on any atom is 0.231 e. The Kier molecular flexibility index (Phi) is 5.53. The first-order valence-corrected chi connectivity index (χ1v) is 12.6. The summed E-state index contributed by atoms with van der Waals surface area (Å²) in [7, 11) is 1.73. The minimum absolute atomic E-state index is 0.280. The van der Waals surface area contributed by atoms with Gasteiger partial charge < -0.3 is 23.8 Å². The highest BCUT2D eigenvalue weighted by molar-refractivity contribution is 6.17. The van der Waals surface area contributed by atoms with Gasteiger partial charge in [-0.25, -0.2) is 0 Å². The lowest BCUT2D eigenvalue weighted by atomic mass is 9.80. The Labute approximate surface area is 200 Å². The van der Waals surface area contributed by atoms with Crippen LogP contribution in [0.3, 0.4) is 0 Å². The number of hydrogen-bond acceptors (Lipinski definition) is 5. The molecule has 0 N–H and O–H groups in total. The normalized spacial score (nSPS) is 20.7. The van der Waals surface area contributed by atoms with Gasteiger partial charge in [0, 0.05) is 29.2 Å². The highest BCUT2D eigenvalue weighted by Gasteiger charge is 2.41. The summed E-state index contributed by atoms with van der Waals surface area (Å²) in [5.74, 6) is 4.61. The maximum atomic E-state index is 6.36. The monoisotopic (exact) mass is 467 g/mol. The predicted molar refractivity (Wildman–Crippen MR) is 129 cm³/mol. The first-order chi connectivity index (χ1) is 16.3. The van der Waals surface area contributed by atoms with Crippen LogP contribution in [0, 0.1) is 5.92 Å². The summed E-state index contributed by atoms with van der Waals surface area (Å²) in [6.45, 7) is 1.88. The van der Waals surface area contributed by atoms with Gasteiger partial charge in [-0.05, 0) is 67.0 Å². The Morgan fingerprint density at radius 2 is 1.94 bits per heavy atom. The minimum Gasteiger partial charge on any atom is -0.493 e. The van der Waals surface area contributed by atoms with Crippen molar-refractivity contribution in [2.75, 3.05) is 32.9 Å². The molecule has 3 aliphatic heterocycles. The minimum atomic E-state index is 0.280. The van der Waals surface area contributed by atoms with Gasteiger partial charge in [0.15, 0.2) is 23.0 Å². The molecule has 1 aliphatic carbocycles. The molecule has 1 unspecified atom stereocenters. The Bertz CT molecular complexity index is 1090. The topological polar surface area (TPSA) is 40.2 Å². The van der Waals surface area contributed by atoms with Crippen molar-refractivity contribution < 1.29 is 18.9 Å². The van der Waals surface area contributed by atoms with Crippen molar-refractivity contribution >= 4 is 23.4 Å². The van der Waals surface area contributed by atoms with Gasteiger partial charge in [-0.15, -0.1) is 11.6 Å². The second-order valence-corrected chi connectivity index (χ2v) is 9.69. The van der Waals surface area contributed by atoms with Crippen LogP contribution >= 0.6 is 11.6 Å². The van der Waals surface area contributed by atoms with Crippen LogP contribution in [0.15, 0.2) is 24.3 Å². The van der Waals surface area contributed by atoms with Crippen LogP contribution in [-0.4, -0.2) is 37.8 Å². The Hall–Kier alpha value is -2.53. The second kappa shape index (κ2) is 8.68. The molecule has 0 bridgehead atoms. The van der Waals surface area contributed by atoms with Gasteiger partial charge in [0.1, 0.15) is 0 Å². The molecule has 6 rings (SSSR count). The van der Waals surface area contributed by atoms with E-state index >= 15 is 0 Å². The van der Waals surface area contributed by atoms with E-state index in [2.05, 4.69) is 29.2 Å². The highest BCUT2D eigenvalue weighted by Crippen LogP contribution is 2.54. The summed E-state index contributed by atoms with van der Waals surface area (Å²) >= 11 is 5.95. The fraction of sp³-hybridized carbons (Fsp3) is 0.481. The number of methoxy groups -OCH3 is 1. The number of nitrogens with zero attached hydrogens (tertiary/aromatic N) is 1. The summed E-state index contributed by atoms with van der Waals surface area (Å²) in [6.07, 6.45) is 9.23.